The number of carboxylic acids is 1. The summed E-state index contributed by atoms with van der Waals surface area (Å²) in [5.74, 6) is -4.73. The second-order valence-electron chi connectivity index (χ2n) is 2.28. The zero-order valence-electron chi connectivity index (χ0n) is 6.47. The molecule has 0 aliphatic heterocycles. The standard InChI is InChI=1S/C6H8F3NO3/c7-5(8)6(9,1-2-11)10-3-4(12)13/h2,5,10H,1,3H2,(H,12,13). The molecular weight excluding hydrogens is 191 g/mol. The van der Waals surface area contributed by atoms with Crippen molar-refractivity contribution in [1.29, 1.82) is 0 Å². The largest absolute Gasteiger partial charge is 0.480 e. The Bertz CT molecular complexity index is 200. The normalized spacial score (nSPS) is 15.4. The summed E-state index contributed by atoms with van der Waals surface area (Å²) in [5.41, 5.74) is 0. The summed E-state index contributed by atoms with van der Waals surface area (Å²) in [6.07, 6.45) is -4.57. The lowest BCUT2D eigenvalue weighted by Gasteiger charge is -2.22. The molecular formula is C6H8F3NO3. The molecule has 0 aromatic carbocycles. The highest BCUT2D eigenvalue weighted by Gasteiger charge is 2.39. The maximum atomic E-state index is 12.9. The van der Waals surface area contributed by atoms with Gasteiger partial charge in [0.2, 0.25) is 5.79 Å². The van der Waals surface area contributed by atoms with Crippen LogP contribution < -0.4 is 5.32 Å². The van der Waals surface area contributed by atoms with Gasteiger partial charge in [-0.25, -0.2) is 13.2 Å². The maximum absolute atomic E-state index is 12.9. The van der Waals surface area contributed by atoms with Crippen LogP contribution in [0.2, 0.25) is 0 Å². The van der Waals surface area contributed by atoms with E-state index in [9.17, 15) is 22.8 Å². The van der Waals surface area contributed by atoms with E-state index in [2.05, 4.69) is 0 Å². The smallest absolute Gasteiger partial charge is 0.317 e. The molecule has 13 heavy (non-hydrogen) atoms. The SMILES string of the molecule is O=CCC(F)(NCC(=O)O)C(F)F. The Kier molecular flexibility index (Phi) is 4.39. The number of nitrogens with one attached hydrogen (secondary N) is 1. The van der Waals surface area contributed by atoms with E-state index >= 15 is 0 Å². The van der Waals surface area contributed by atoms with Gasteiger partial charge in [0.05, 0.1) is 13.0 Å². The lowest BCUT2D eigenvalue weighted by molar-refractivity contribution is -0.139. The van der Waals surface area contributed by atoms with Gasteiger partial charge in [-0.15, -0.1) is 0 Å². The molecule has 0 aromatic heterocycles. The van der Waals surface area contributed by atoms with E-state index in [0.717, 1.165) is 0 Å². The van der Waals surface area contributed by atoms with Crippen molar-refractivity contribution in [2.75, 3.05) is 6.54 Å². The van der Waals surface area contributed by atoms with E-state index in [4.69, 9.17) is 5.11 Å². The van der Waals surface area contributed by atoms with E-state index in [-0.39, 0.29) is 6.29 Å². The van der Waals surface area contributed by atoms with Crippen LogP contribution in [0, 0.1) is 0 Å². The number of hydrogen-bond acceptors (Lipinski definition) is 3. The lowest BCUT2D eigenvalue weighted by atomic mass is 10.2. The summed E-state index contributed by atoms with van der Waals surface area (Å²) in [6.45, 7) is -0.964. The van der Waals surface area contributed by atoms with E-state index in [0.29, 0.717) is 0 Å². The van der Waals surface area contributed by atoms with Gasteiger partial charge in [0.1, 0.15) is 6.29 Å². The highest BCUT2D eigenvalue weighted by Crippen LogP contribution is 2.20. The first-order valence-electron chi connectivity index (χ1n) is 3.30. The Hall–Kier alpha value is -1.11. The van der Waals surface area contributed by atoms with Crippen LogP contribution in [0.3, 0.4) is 0 Å². The van der Waals surface area contributed by atoms with Gasteiger partial charge in [0.25, 0.3) is 6.43 Å². The highest BCUT2D eigenvalue weighted by molar-refractivity contribution is 5.69. The minimum atomic E-state index is -3.45. The third-order valence-corrected chi connectivity index (χ3v) is 1.26. The quantitative estimate of drug-likeness (QED) is 0.473. The predicted molar refractivity (Wildman–Crippen MR) is 36.2 cm³/mol. The second-order valence-corrected chi connectivity index (χ2v) is 2.28. The lowest BCUT2D eigenvalue weighted by Crippen LogP contribution is -2.49. The molecule has 0 saturated heterocycles. The molecule has 7 heteroatoms. The number of rotatable bonds is 6. The Labute approximate surface area is 71.7 Å². The number of aliphatic carboxylic acids is 1. The molecule has 0 bridgehead atoms. The molecule has 0 amide bonds. The first kappa shape index (κ1) is 11.9. The first-order valence-corrected chi connectivity index (χ1v) is 3.30. The van der Waals surface area contributed by atoms with Crippen molar-refractivity contribution in [1.82, 2.24) is 5.32 Å². The molecule has 2 N–H and O–H groups in total. The molecule has 4 nitrogen and oxygen atoms in total. The third-order valence-electron chi connectivity index (χ3n) is 1.26. The van der Waals surface area contributed by atoms with Crippen molar-refractivity contribution in [3.63, 3.8) is 0 Å². The number of hydrogen-bond donors (Lipinski definition) is 2. The fourth-order valence-corrected chi connectivity index (χ4v) is 0.582. The fraction of sp³-hybridized carbons (Fsp3) is 0.667. The van der Waals surface area contributed by atoms with Gasteiger partial charge in [0, 0.05) is 0 Å². The molecule has 0 saturated carbocycles. The number of halogens is 3. The maximum Gasteiger partial charge on any atom is 0.317 e. The third kappa shape index (κ3) is 3.88. The van der Waals surface area contributed by atoms with Crippen LogP contribution in [0.5, 0.6) is 0 Å². The second kappa shape index (κ2) is 4.80. The predicted octanol–water partition coefficient (Wildman–Crippen LogP) is 0.180. The van der Waals surface area contributed by atoms with Crippen LogP contribution in [-0.4, -0.2) is 36.1 Å². The van der Waals surface area contributed by atoms with Crippen molar-refractivity contribution in [2.45, 2.75) is 18.6 Å². The van der Waals surface area contributed by atoms with Crippen molar-refractivity contribution in [3.8, 4) is 0 Å². The van der Waals surface area contributed by atoms with Gasteiger partial charge in [-0.3, -0.25) is 10.1 Å². The molecule has 0 aromatic rings. The summed E-state index contributed by atoms with van der Waals surface area (Å²) in [4.78, 5) is 19.7. The average Bonchev–Trinajstić information content (AvgIpc) is 2.01. The minimum Gasteiger partial charge on any atom is -0.480 e. The number of alkyl halides is 3. The molecule has 0 heterocycles. The van der Waals surface area contributed by atoms with Crippen molar-refractivity contribution < 1.29 is 27.9 Å². The molecule has 0 fully saturated rings. The van der Waals surface area contributed by atoms with E-state index < -0.39 is 31.2 Å². The zero-order valence-corrected chi connectivity index (χ0v) is 6.47. The number of aldehydes is 1. The molecule has 0 aliphatic carbocycles. The fourth-order valence-electron chi connectivity index (χ4n) is 0.582. The monoisotopic (exact) mass is 199 g/mol. The first-order chi connectivity index (χ1) is 5.92. The Morgan fingerprint density at radius 1 is 1.62 bits per heavy atom. The zero-order chi connectivity index (χ0) is 10.5. The molecule has 1 unspecified atom stereocenters. The topological polar surface area (TPSA) is 66.4 Å². The molecule has 0 radical (unpaired) electrons. The average molecular weight is 199 g/mol. The van der Waals surface area contributed by atoms with Crippen LogP contribution in [-0.2, 0) is 9.59 Å². The van der Waals surface area contributed by atoms with Gasteiger partial charge in [-0.1, -0.05) is 0 Å². The van der Waals surface area contributed by atoms with Gasteiger partial charge < -0.3 is 9.90 Å². The number of carbonyl (C=O) groups excluding carboxylic acids is 1. The number of carboxylic acid groups (broad SMARTS) is 1. The van der Waals surface area contributed by atoms with Crippen molar-refractivity contribution >= 4 is 12.3 Å². The summed E-state index contributed by atoms with van der Waals surface area (Å²) in [6, 6.07) is 0. The Balaban J connectivity index is 4.23. The van der Waals surface area contributed by atoms with Crippen LogP contribution in [0.1, 0.15) is 6.42 Å². The van der Waals surface area contributed by atoms with Crippen LogP contribution in [0.4, 0.5) is 13.2 Å². The summed E-state index contributed by atoms with van der Waals surface area (Å²) >= 11 is 0. The summed E-state index contributed by atoms with van der Waals surface area (Å²) < 4.78 is 36.8. The summed E-state index contributed by atoms with van der Waals surface area (Å²) in [7, 11) is 0. The molecule has 76 valence electrons. The Morgan fingerprint density at radius 2 is 2.15 bits per heavy atom. The minimum absolute atomic E-state index is 0.0407. The van der Waals surface area contributed by atoms with E-state index in [1.807, 2.05) is 0 Å². The van der Waals surface area contributed by atoms with Crippen molar-refractivity contribution in [3.05, 3.63) is 0 Å². The van der Waals surface area contributed by atoms with Gasteiger partial charge in [-0.05, 0) is 0 Å². The van der Waals surface area contributed by atoms with Gasteiger partial charge >= 0.3 is 5.97 Å². The molecule has 0 aliphatic rings. The van der Waals surface area contributed by atoms with Crippen LogP contribution in [0.15, 0.2) is 0 Å². The van der Waals surface area contributed by atoms with Gasteiger partial charge in [-0.2, -0.15) is 0 Å². The van der Waals surface area contributed by atoms with Crippen LogP contribution >= 0.6 is 0 Å². The van der Waals surface area contributed by atoms with Crippen molar-refractivity contribution in [2.24, 2.45) is 0 Å². The van der Waals surface area contributed by atoms with E-state index in [1.54, 1.807) is 0 Å². The van der Waals surface area contributed by atoms with E-state index in [1.165, 1.54) is 5.32 Å². The summed E-state index contributed by atoms with van der Waals surface area (Å²) in [5, 5.41) is 9.51. The Morgan fingerprint density at radius 3 is 2.46 bits per heavy atom. The molecule has 0 spiro atoms. The van der Waals surface area contributed by atoms with Crippen LogP contribution in [0.25, 0.3) is 0 Å². The van der Waals surface area contributed by atoms with Gasteiger partial charge in [0.15, 0.2) is 0 Å². The highest BCUT2D eigenvalue weighted by atomic mass is 19.3. The molecule has 1 atom stereocenters. The number of carbonyl (C=O) groups is 2. The molecule has 0 rings (SSSR count).